The van der Waals surface area contributed by atoms with Gasteiger partial charge in [0.2, 0.25) is 5.82 Å². The molecule has 1 aliphatic heterocycles. The Balaban J connectivity index is 2.11. The van der Waals surface area contributed by atoms with E-state index < -0.39 is 16.4 Å². The Bertz CT molecular complexity index is 554. The highest BCUT2D eigenvalue weighted by Gasteiger charge is 2.25. The minimum atomic E-state index is -0.929. The molecule has 0 bridgehead atoms. The predicted octanol–water partition coefficient (Wildman–Crippen LogP) is 1.90. The van der Waals surface area contributed by atoms with Crippen LogP contribution in [0, 0.1) is 15.9 Å². The zero-order valence-electron chi connectivity index (χ0n) is 12.1. The van der Waals surface area contributed by atoms with Crippen LogP contribution >= 0.6 is 0 Å². The van der Waals surface area contributed by atoms with E-state index >= 15 is 0 Å². The van der Waals surface area contributed by atoms with E-state index in [9.17, 15) is 19.3 Å². The molecule has 1 aromatic carbocycles. The van der Waals surface area contributed by atoms with Crippen molar-refractivity contribution in [2.45, 2.75) is 19.9 Å². The van der Waals surface area contributed by atoms with E-state index in [0.29, 0.717) is 19.1 Å². The van der Waals surface area contributed by atoms with Crippen LogP contribution < -0.4 is 0 Å². The number of amides is 1. The maximum atomic E-state index is 13.3. The van der Waals surface area contributed by atoms with Crippen LogP contribution in [0.5, 0.6) is 0 Å². The van der Waals surface area contributed by atoms with Crippen LogP contribution in [0.25, 0.3) is 0 Å². The predicted molar refractivity (Wildman–Crippen MR) is 75.7 cm³/mol. The van der Waals surface area contributed by atoms with Crippen LogP contribution in [0.4, 0.5) is 10.1 Å². The van der Waals surface area contributed by atoms with Crippen molar-refractivity contribution in [1.82, 2.24) is 9.80 Å². The molecular formula is C14H18FN3O3. The van der Waals surface area contributed by atoms with E-state index in [1.165, 1.54) is 6.07 Å². The quantitative estimate of drug-likeness (QED) is 0.631. The van der Waals surface area contributed by atoms with Gasteiger partial charge >= 0.3 is 5.69 Å². The second-order valence-electron chi connectivity index (χ2n) is 5.35. The van der Waals surface area contributed by atoms with Gasteiger partial charge in [-0.15, -0.1) is 0 Å². The second kappa shape index (κ2) is 6.17. The minimum absolute atomic E-state index is 0.154. The number of nitrogens with zero attached hydrogens (tertiary/aromatic N) is 3. The first kappa shape index (κ1) is 15.4. The Morgan fingerprint density at radius 1 is 1.29 bits per heavy atom. The lowest BCUT2D eigenvalue weighted by Gasteiger charge is -2.36. The molecule has 0 spiro atoms. The SMILES string of the molecule is CC(C)N1CCN(C(=O)c2ccc(F)c([N+](=O)[O-])c2)CC1. The van der Waals surface area contributed by atoms with Crippen molar-refractivity contribution in [1.29, 1.82) is 0 Å². The van der Waals surface area contributed by atoms with Crippen molar-refractivity contribution in [3.63, 3.8) is 0 Å². The first-order valence-corrected chi connectivity index (χ1v) is 6.87. The van der Waals surface area contributed by atoms with Crippen molar-refractivity contribution >= 4 is 11.6 Å². The molecule has 6 nitrogen and oxygen atoms in total. The largest absolute Gasteiger partial charge is 0.336 e. The number of nitro groups is 1. The van der Waals surface area contributed by atoms with Crippen LogP contribution in [0.15, 0.2) is 18.2 Å². The molecule has 0 radical (unpaired) electrons. The monoisotopic (exact) mass is 295 g/mol. The average Bonchev–Trinajstić information content (AvgIpc) is 2.46. The standard InChI is InChI=1S/C14H18FN3O3/c1-10(2)16-5-7-17(8-6-16)14(19)11-3-4-12(15)13(9-11)18(20)21/h3-4,9-10H,5-8H2,1-2H3. The van der Waals surface area contributed by atoms with Crippen molar-refractivity contribution < 1.29 is 14.1 Å². The summed E-state index contributed by atoms with van der Waals surface area (Å²) in [5.74, 6) is -1.22. The normalized spacial score (nSPS) is 16.3. The van der Waals surface area contributed by atoms with Gasteiger partial charge in [0.25, 0.3) is 5.91 Å². The number of carbonyl (C=O) groups is 1. The highest BCUT2D eigenvalue weighted by atomic mass is 19.1. The number of benzene rings is 1. The van der Waals surface area contributed by atoms with Gasteiger partial charge in [-0.2, -0.15) is 4.39 Å². The summed E-state index contributed by atoms with van der Waals surface area (Å²) in [6.45, 7) is 6.88. The Morgan fingerprint density at radius 2 is 1.90 bits per heavy atom. The van der Waals surface area contributed by atoms with Gasteiger partial charge in [-0.05, 0) is 26.0 Å². The number of halogens is 1. The smallest absolute Gasteiger partial charge is 0.305 e. The lowest BCUT2D eigenvalue weighted by Crippen LogP contribution is -2.50. The summed E-state index contributed by atoms with van der Waals surface area (Å²) in [6.07, 6.45) is 0. The van der Waals surface area contributed by atoms with Crippen LogP contribution in [0.1, 0.15) is 24.2 Å². The Labute approximate surface area is 122 Å². The second-order valence-corrected chi connectivity index (χ2v) is 5.35. The Kier molecular flexibility index (Phi) is 4.52. The first-order valence-electron chi connectivity index (χ1n) is 6.87. The summed E-state index contributed by atoms with van der Waals surface area (Å²) in [7, 11) is 0. The molecule has 0 N–H and O–H groups in total. The number of nitro benzene ring substituents is 1. The molecule has 1 amide bonds. The summed E-state index contributed by atoms with van der Waals surface area (Å²) in [4.78, 5) is 26.1. The van der Waals surface area contributed by atoms with E-state index in [4.69, 9.17) is 0 Å². The molecule has 21 heavy (non-hydrogen) atoms. The Hall–Kier alpha value is -2.02. The molecule has 7 heteroatoms. The van der Waals surface area contributed by atoms with Gasteiger partial charge < -0.3 is 4.90 Å². The number of hydrogen-bond donors (Lipinski definition) is 0. The molecule has 1 saturated heterocycles. The third-order valence-electron chi connectivity index (χ3n) is 3.72. The van der Waals surface area contributed by atoms with Crippen LogP contribution in [0.2, 0.25) is 0 Å². The third-order valence-corrected chi connectivity index (χ3v) is 3.72. The molecule has 1 heterocycles. The van der Waals surface area contributed by atoms with Gasteiger partial charge in [0.05, 0.1) is 4.92 Å². The number of carbonyl (C=O) groups excluding carboxylic acids is 1. The van der Waals surface area contributed by atoms with Crippen molar-refractivity contribution in [3.05, 3.63) is 39.7 Å². The molecule has 0 unspecified atom stereocenters. The third kappa shape index (κ3) is 3.36. The molecule has 0 aromatic heterocycles. The first-order chi connectivity index (χ1) is 9.90. The zero-order chi connectivity index (χ0) is 15.6. The molecule has 1 fully saturated rings. The van der Waals surface area contributed by atoms with Crippen LogP contribution in [-0.4, -0.2) is 52.9 Å². The highest BCUT2D eigenvalue weighted by Crippen LogP contribution is 2.20. The van der Waals surface area contributed by atoms with Gasteiger partial charge in [-0.1, -0.05) is 0 Å². The van der Waals surface area contributed by atoms with Crippen molar-refractivity contribution in [2.75, 3.05) is 26.2 Å². The van der Waals surface area contributed by atoms with E-state index in [2.05, 4.69) is 18.7 Å². The van der Waals surface area contributed by atoms with E-state index in [1.807, 2.05) is 0 Å². The molecule has 2 rings (SSSR count). The van der Waals surface area contributed by atoms with Gasteiger partial charge in [0.15, 0.2) is 0 Å². The van der Waals surface area contributed by atoms with E-state index in [0.717, 1.165) is 25.2 Å². The molecule has 1 aromatic rings. The lowest BCUT2D eigenvalue weighted by molar-refractivity contribution is -0.387. The molecule has 0 aliphatic carbocycles. The molecule has 114 valence electrons. The summed E-state index contributed by atoms with van der Waals surface area (Å²) in [5, 5.41) is 10.7. The van der Waals surface area contributed by atoms with Crippen molar-refractivity contribution in [2.24, 2.45) is 0 Å². The van der Waals surface area contributed by atoms with Crippen LogP contribution in [-0.2, 0) is 0 Å². The molecule has 0 saturated carbocycles. The van der Waals surface area contributed by atoms with Gasteiger partial charge in [-0.25, -0.2) is 0 Å². The maximum absolute atomic E-state index is 13.3. The summed E-state index contributed by atoms with van der Waals surface area (Å²) >= 11 is 0. The van der Waals surface area contributed by atoms with Crippen molar-refractivity contribution in [3.8, 4) is 0 Å². The Morgan fingerprint density at radius 3 is 2.43 bits per heavy atom. The minimum Gasteiger partial charge on any atom is -0.336 e. The van der Waals surface area contributed by atoms with Gasteiger partial charge in [-0.3, -0.25) is 19.8 Å². The summed E-state index contributed by atoms with van der Waals surface area (Å²) in [6, 6.07) is 3.69. The summed E-state index contributed by atoms with van der Waals surface area (Å²) < 4.78 is 13.3. The van der Waals surface area contributed by atoms with E-state index in [1.54, 1.807) is 4.90 Å². The summed E-state index contributed by atoms with van der Waals surface area (Å²) in [5.41, 5.74) is -0.511. The zero-order valence-corrected chi connectivity index (χ0v) is 12.1. The topological polar surface area (TPSA) is 66.7 Å². The average molecular weight is 295 g/mol. The molecule has 0 atom stereocenters. The molecular weight excluding hydrogens is 277 g/mol. The maximum Gasteiger partial charge on any atom is 0.305 e. The van der Waals surface area contributed by atoms with Gasteiger partial charge in [0, 0.05) is 43.9 Å². The van der Waals surface area contributed by atoms with Crippen LogP contribution in [0.3, 0.4) is 0 Å². The van der Waals surface area contributed by atoms with E-state index in [-0.39, 0.29) is 11.5 Å². The number of rotatable bonds is 3. The van der Waals surface area contributed by atoms with Gasteiger partial charge in [0.1, 0.15) is 0 Å². The highest BCUT2D eigenvalue weighted by molar-refractivity contribution is 5.95. The fourth-order valence-corrected chi connectivity index (χ4v) is 2.41. The fourth-order valence-electron chi connectivity index (χ4n) is 2.41. The fraction of sp³-hybridized carbons (Fsp3) is 0.500. The molecule has 1 aliphatic rings. The lowest BCUT2D eigenvalue weighted by atomic mass is 10.1. The number of hydrogen-bond acceptors (Lipinski definition) is 4. The number of piperazine rings is 1.